The first-order valence-corrected chi connectivity index (χ1v) is 8.12. The van der Waals surface area contributed by atoms with Crippen molar-refractivity contribution in [3.8, 4) is 5.82 Å². The van der Waals surface area contributed by atoms with Gasteiger partial charge in [0.05, 0.1) is 18.8 Å². The van der Waals surface area contributed by atoms with Crippen molar-refractivity contribution in [2.75, 3.05) is 18.6 Å². The number of aryl methyl sites for hydroxylation is 1. The van der Waals surface area contributed by atoms with Crippen molar-refractivity contribution < 1.29 is 9.90 Å². The number of nitrogens with zero attached hydrogens (tertiary/aromatic N) is 3. The highest BCUT2D eigenvalue weighted by Gasteiger charge is 2.19. The third-order valence-corrected chi connectivity index (χ3v) is 3.87. The summed E-state index contributed by atoms with van der Waals surface area (Å²) in [5, 5.41) is 16.4. The van der Waals surface area contributed by atoms with E-state index in [0.29, 0.717) is 11.4 Å². The summed E-state index contributed by atoms with van der Waals surface area (Å²) in [4.78, 5) is 12.4. The van der Waals surface area contributed by atoms with Crippen LogP contribution in [0.2, 0.25) is 0 Å². The summed E-state index contributed by atoms with van der Waals surface area (Å²) in [6.07, 6.45) is 8.02. The van der Waals surface area contributed by atoms with Crippen molar-refractivity contribution in [2.45, 2.75) is 12.5 Å². The van der Waals surface area contributed by atoms with Crippen molar-refractivity contribution in [3.63, 3.8) is 0 Å². The van der Waals surface area contributed by atoms with E-state index in [-0.39, 0.29) is 18.6 Å². The van der Waals surface area contributed by atoms with Gasteiger partial charge in [0.2, 0.25) is 0 Å². The fourth-order valence-corrected chi connectivity index (χ4v) is 2.63. The average Bonchev–Trinajstić information content (AvgIpc) is 3.11. The Labute approximate surface area is 128 Å². The zero-order valence-corrected chi connectivity index (χ0v) is 13.0. The fourth-order valence-electron chi connectivity index (χ4n) is 2.11. The second-order valence-corrected chi connectivity index (χ2v) is 5.72. The highest BCUT2D eigenvalue weighted by molar-refractivity contribution is 7.98. The van der Waals surface area contributed by atoms with Gasteiger partial charge in [-0.2, -0.15) is 16.9 Å². The Morgan fingerprint density at radius 1 is 1.48 bits per heavy atom. The number of nitrogens with one attached hydrogen (secondary N) is 1. The smallest absolute Gasteiger partial charge is 0.256 e. The number of aromatic nitrogens is 3. The molecular formula is C14H20N4O2S. The molecule has 2 N–H and O–H groups in total. The second kappa shape index (κ2) is 7.33. The molecule has 0 aliphatic heterocycles. The molecule has 0 aliphatic rings. The highest BCUT2D eigenvalue weighted by atomic mass is 32.2. The molecule has 0 saturated carbocycles. The van der Waals surface area contributed by atoms with Crippen molar-refractivity contribution in [1.82, 2.24) is 19.7 Å². The Hall–Kier alpha value is -1.73. The molecule has 0 spiro atoms. The minimum atomic E-state index is -0.234. The van der Waals surface area contributed by atoms with E-state index in [2.05, 4.69) is 10.4 Å². The molecule has 0 saturated heterocycles. The van der Waals surface area contributed by atoms with Crippen LogP contribution in [0.4, 0.5) is 0 Å². The summed E-state index contributed by atoms with van der Waals surface area (Å²) in [7, 11) is 1.80. The van der Waals surface area contributed by atoms with Crippen LogP contribution in [-0.4, -0.2) is 50.0 Å². The molecule has 21 heavy (non-hydrogen) atoms. The Balaban J connectivity index is 2.16. The number of thioether (sulfide) groups is 1. The van der Waals surface area contributed by atoms with Gasteiger partial charge in [0.1, 0.15) is 11.4 Å². The molecule has 2 aromatic heterocycles. The number of hydrogen-bond donors (Lipinski definition) is 2. The van der Waals surface area contributed by atoms with Crippen LogP contribution in [0.15, 0.2) is 30.7 Å². The van der Waals surface area contributed by atoms with E-state index >= 15 is 0 Å². The summed E-state index contributed by atoms with van der Waals surface area (Å²) in [5.74, 6) is 1.38. The summed E-state index contributed by atoms with van der Waals surface area (Å²) < 4.78 is 3.50. The second-order valence-electron chi connectivity index (χ2n) is 4.73. The number of aliphatic hydroxyl groups is 1. The maximum absolute atomic E-state index is 12.4. The highest BCUT2D eigenvalue weighted by Crippen LogP contribution is 2.14. The molecule has 0 bridgehead atoms. The maximum atomic E-state index is 12.4. The molecule has 1 atom stereocenters. The molecular weight excluding hydrogens is 288 g/mol. The summed E-state index contributed by atoms with van der Waals surface area (Å²) in [6, 6.07) is 3.55. The van der Waals surface area contributed by atoms with Gasteiger partial charge >= 0.3 is 0 Å². The first-order valence-electron chi connectivity index (χ1n) is 6.73. The molecule has 1 amide bonds. The van der Waals surface area contributed by atoms with Crippen LogP contribution in [0.1, 0.15) is 16.8 Å². The number of rotatable bonds is 7. The molecule has 0 aromatic carbocycles. The van der Waals surface area contributed by atoms with Crippen LogP contribution >= 0.6 is 11.8 Å². The average molecular weight is 308 g/mol. The Morgan fingerprint density at radius 3 is 2.81 bits per heavy atom. The van der Waals surface area contributed by atoms with Crippen molar-refractivity contribution in [3.05, 3.63) is 36.3 Å². The Kier molecular flexibility index (Phi) is 5.46. The van der Waals surface area contributed by atoms with E-state index in [1.54, 1.807) is 29.7 Å². The van der Waals surface area contributed by atoms with E-state index in [9.17, 15) is 9.90 Å². The van der Waals surface area contributed by atoms with Gasteiger partial charge in [0.25, 0.3) is 5.91 Å². The molecule has 0 radical (unpaired) electrons. The van der Waals surface area contributed by atoms with Gasteiger partial charge in [-0.25, -0.2) is 0 Å². The zero-order chi connectivity index (χ0) is 15.2. The van der Waals surface area contributed by atoms with Crippen LogP contribution in [0, 0.1) is 0 Å². The van der Waals surface area contributed by atoms with Crippen LogP contribution in [-0.2, 0) is 7.05 Å². The number of amides is 1. The lowest BCUT2D eigenvalue weighted by atomic mass is 10.2. The molecule has 0 unspecified atom stereocenters. The molecule has 2 aromatic rings. The first-order chi connectivity index (χ1) is 10.2. The molecule has 2 rings (SSSR count). The number of aliphatic hydroxyl groups excluding tert-OH is 1. The maximum Gasteiger partial charge on any atom is 0.256 e. The molecule has 7 heteroatoms. The van der Waals surface area contributed by atoms with E-state index < -0.39 is 0 Å². The molecule has 6 nitrogen and oxygen atoms in total. The monoisotopic (exact) mass is 308 g/mol. The van der Waals surface area contributed by atoms with E-state index in [0.717, 1.165) is 12.2 Å². The third-order valence-electron chi connectivity index (χ3n) is 3.23. The van der Waals surface area contributed by atoms with Gasteiger partial charge in [-0.15, -0.1) is 0 Å². The molecule has 2 heterocycles. The zero-order valence-electron chi connectivity index (χ0n) is 12.2. The Morgan fingerprint density at radius 2 is 2.19 bits per heavy atom. The largest absolute Gasteiger partial charge is 0.394 e. The SMILES string of the molecule is CSCC[C@@H](CO)NC(=O)c1cnn(C)c1-n1cccc1. The first kappa shape index (κ1) is 15.7. The lowest BCUT2D eigenvalue weighted by Crippen LogP contribution is -2.38. The van der Waals surface area contributed by atoms with Crippen molar-refractivity contribution in [2.24, 2.45) is 7.05 Å². The van der Waals surface area contributed by atoms with Gasteiger partial charge in [-0.1, -0.05) is 0 Å². The van der Waals surface area contributed by atoms with E-state index in [1.165, 1.54) is 0 Å². The standard InChI is InChI=1S/C14H20N4O2S/c1-17-14(18-6-3-4-7-18)12(9-15-17)13(20)16-11(10-19)5-8-21-2/h3-4,6-7,9,11,19H,5,8,10H2,1-2H3,(H,16,20)/t11-/m0/s1. The quantitative estimate of drug-likeness (QED) is 0.802. The lowest BCUT2D eigenvalue weighted by Gasteiger charge is -2.16. The lowest BCUT2D eigenvalue weighted by molar-refractivity contribution is 0.0915. The number of hydrogen-bond acceptors (Lipinski definition) is 4. The van der Waals surface area contributed by atoms with E-state index in [4.69, 9.17) is 0 Å². The van der Waals surface area contributed by atoms with Gasteiger partial charge < -0.3 is 15.0 Å². The van der Waals surface area contributed by atoms with Gasteiger partial charge in [0.15, 0.2) is 0 Å². The van der Waals surface area contributed by atoms with Crippen molar-refractivity contribution in [1.29, 1.82) is 0 Å². The minimum Gasteiger partial charge on any atom is -0.394 e. The van der Waals surface area contributed by atoms with Crippen molar-refractivity contribution >= 4 is 17.7 Å². The summed E-state index contributed by atoms with van der Waals surface area (Å²) in [5.41, 5.74) is 0.497. The fraction of sp³-hybridized carbons (Fsp3) is 0.429. The Bertz CT molecular complexity index is 580. The van der Waals surface area contributed by atoms with Gasteiger partial charge in [0, 0.05) is 19.4 Å². The normalized spacial score (nSPS) is 12.3. The molecule has 114 valence electrons. The summed E-state index contributed by atoms with van der Waals surface area (Å²) >= 11 is 1.69. The topological polar surface area (TPSA) is 72.1 Å². The van der Waals surface area contributed by atoms with Gasteiger partial charge in [-0.05, 0) is 30.6 Å². The minimum absolute atomic E-state index is 0.0641. The van der Waals surface area contributed by atoms with Crippen LogP contribution in [0.3, 0.4) is 0 Å². The predicted molar refractivity (Wildman–Crippen MR) is 83.9 cm³/mol. The predicted octanol–water partition coefficient (Wildman–Crippen LogP) is 1.05. The van der Waals surface area contributed by atoms with Crippen LogP contribution in [0.5, 0.6) is 0 Å². The number of carbonyl (C=O) groups is 1. The molecule has 0 fully saturated rings. The molecule has 0 aliphatic carbocycles. The summed E-state index contributed by atoms with van der Waals surface area (Å²) in [6.45, 7) is -0.0641. The van der Waals surface area contributed by atoms with Crippen LogP contribution in [0.25, 0.3) is 5.82 Å². The third kappa shape index (κ3) is 3.68. The van der Waals surface area contributed by atoms with E-state index in [1.807, 2.05) is 35.3 Å². The van der Waals surface area contributed by atoms with Crippen LogP contribution < -0.4 is 5.32 Å². The number of carbonyl (C=O) groups excluding carboxylic acids is 1. The van der Waals surface area contributed by atoms with Gasteiger partial charge in [-0.3, -0.25) is 9.48 Å².